The standard InChI is InChI=1S/C13H22N2O3/c1-2-13(5-6-14-8-13)12(18)15-10-4-3-9(7-10)11(16)17/h9-10,14H,2-8H2,1H3,(H,15,18)(H,16,17)/t9-,10+,13?/m1/s1. The summed E-state index contributed by atoms with van der Waals surface area (Å²) < 4.78 is 0. The Hall–Kier alpha value is -1.10. The number of nitrogens with one attached hydrogen (secondary N) is 2. The van der Waals surface area contributed by atoms with Crippen molar-refractivity contribution < 1.29 is 14.7 Å². The number of carbonyl (C=O) groups is 2. The molecule has 3 N–H and O–H groups in total. The molecule has 0 radical (unpaired) electrons. The molecule has 0 spiro atoms. The molecule has 1 aliphatic carbocycles. The summed E-state index contributed by atoms with van der Waals surface area (Å²) in [4.78, 5) is 23.2. The van der Waals surface area contributed by atoms with E-state index >= 15 is 0 Å². The van der Waals surface area contributed by atoms with E-state index in [4.69, 9.17) is 5.11 Å². The molecular weight excluding hydrogens is 232 g/mol. The van der Waals surface area contributed by atoms with Crippen LogP contribution in [0, 0.1) is 11.3 Å². The average molecular weight is 254 g/mol. The van der Waals surface area contributed by atoms with E-state index in [0.717, 1.165) is 32.4 Å². The van der Waals surface area contributed by atoms with Crippen LogP contribution in [0.25, 0.3) is 0 Å². The second-order valence-corrected chi connectivity index (χ2v) is 5.58. The first-order chi connectivity index (χ1) is 8.57. The van der Waals surface area contributed by atoms with Crippen molar-refractivity contribution in [1.29, 1.82) is 0 Å². The molecule has 1 amide bonds. The van der Waals surface area contributed by atoms with Crippen LogP contribution in [0.1, 0.15) is 39.0 Å². The van der Waals surface area contributed by atoms with Gasteiger partial charge in [-0.2, -0.15) is 0 Å². The van der Waals surface area contributed by atoms with E-state index < -0.39 is 5.97 Å². The maximum atomic E-state index is 12.3. The van der Waals surface area contributed by atoms with Gasteiger partial charge < -0.3 is 15.7 Å². The highest BCUT2D eigenvalue weighted by molar-refractivity contribution is 5.83. The lowest BCUT2D eigenvalue weighted by Gasteiger charge is -2.27. The molecule has 1 aliphatic heterocycles. The van der Waals surface area contributed by atoms with Gasteiger partial charge >= 0.3 is 5.97 Å². The summed E-state index contributed by atoms with van der Waals surface area (Å²) in [6, 6.07) is 0.0441. The molecule has 1 saturated carbocycles. The Balaban J connectivity index is 1.90. The lowest BCUT2D eigenvalue weighted by atomic mass is 9.83. The fourth-order valence-corrected chi connectivity index (χ4v) is 3.08. The largest absolute Gasteiger partial charge is 0.481 e. The van der Waals surface area contributed by atoms with E-state index in [1.165, 1.54) is 0 Å². The third-order valence-corrected chi connectivity index (χ3v) is 4.52. The minimum Gasteiger partial charge on any atom is -0.481 e. The third kappa shape index (κ3) is 2.51. The number of carboxylic acid groups (broad SMARTS) is 1. The van der Waals surface area contributed by atoms with E-state index in [9.17, 15) is 9.59 Å². The number of amides is 1. The number of aliphatic carboxylic acids is 1. The molecule has 0 aromatic carbocycles. The molecule has 102 valence electrons. The van der Waals surface area contributed by atoms with E-state index in [0.29, 0.717) is 12.8 Å². The Bertz CT molecular complexity index is 337. The molecule has 2 aliphatic rings. The number of rotatable bonds is 4. The Morgan fingerprint density at radius 1 is 1.44 bits per heavy atom. The molecule has 3 atom stereocenters. The lowest BCUT2D eigenvalue weighted by Crippen LogP contribution is -2.46. The van der Waals surface area contributed by atoms with Crippen LogP contribution < -0.4 is 10.6 Å². The van der Waals surface area contributed by atoms with Gasteiger partial charge in [0.05, 0.1) is 11.3 Å². The van der Waals surface area contributed by atoms with Gasteiger partial charge in [0.25, 0.3) is 0 Å². The van der Waals surface area contributed by atoms with Crippen LogP contribution >= 0.6 is 0 Å². The van der Waals surface area contributed by atoms with Crippen LogP contribution in [0.5, 0.6) is 0 Å². The summed E-state index contributed by atoms with van der Waals surface area (Å²) in [5.41, 5.74) is -0.276. The van der Waals surface area contributed by atoms with Gasteiger partial charge in [0, 0.05) is 12.6 Å². The second kappa shape index (κ2) is 5.26. The van der Waals surface area contributed by atoms with Crippen molar-refractivity contribution >= 4 is 11.9 Å². The van der Waals surface area contributed by atoms with Crippen LogP contribution in [-0.4, -0.2) is 36.1 Å². The van der Waals surface area contributed by atoms with Crippen LogP contribution in [0.4, 0.5) is 0 Å². The topological polar surface area (TPSA) is 78.4 Å². The van der Waals surface area contributed by atoms with Crippen LogP contribution in [0.15, 0.2) is 0 Å². The average Bonchev–Trinajstić information content (AvgIpc) is 2.97. The molecule has 1 unspecified atom stereocenters. The Kier molecular flexibility index (Phi) is 3.90. The highest BCUT2D eigenvalue weighted by Gasteiger charge is 2.41. The first kappa shape index (κ1) is 13.3. The minimum atomic E-state index is -0.737. The van der Waals surface area contributed by atoms with E-state index in [1.807, 2.05) is 6.92 Å². The Morgan fingerprint density at radius 2 is 2.22 bits per heavy atom. The monoisotopic (exact) mass is 254 g/mol. The maximum absolute atomic E-state index is 12.3. The highest BCUT2D eigenvalue weighted by atomic mass is 16.4. The van der Waals surface area contributed by atoms with Gasteiger partial charge in [0.2, 0.25) is 5.91 Å². The lowest BCUT2D eigenvalue weighted by molar-refractivity contribution is -0.141. The fourth-order valence-electron chi connectivity index (χ4n) is 3.08. The predicted molar refractivity (Wildman–Crippen MR) is 67.1 cm³/mol. The quantitative estimate of drug-likeness (QED) is 0.691. The summed E-state index contributed by atoms with van der Waals surface area (Å²) in [5, 5.41) is 15.2. The number of carboxylic acids is 1. The van der Waals surface area contributed by atoms with Crippen molar-refractivity contribution in [3.8, 4) is 0 Å². The second-order valence-electron chi connectivity index (χ2n) is 5.58. The predicted octanol–water partition coefficient (Wildman–Crippen LogP) is 0.746. The molecule has 5 heteroatoms. The number of carbonyl (C=O) groups excluding carboxylic acids is 1. The van der Waals surface area contributed by atoms with Crippen molar-refractivity contribution in [2.75, 3.05) is 13.1 Å². The molecular formula is C13H22N2O3. The molecule has 2 rings (SSSR count). The van der Waals surface area contributed by atoms with Crippen molar-refractivity contribution in [2.45, 2.75) is 45.1 Å². The number of hydrogen-bond acceptors (Lipinski definition) is 3. The van der Waals surface area contributed by atoms with Gasteiger partial charge in [-0.15, -0.1) is 0 Å². The van der Waals surface area contributed by atoms with Gasteiger partial charge in [0.1, 0.15) is 0 Å². The summed E-state index contributed by atoms with van der Waals surface area (Å²) in [6.45, 7) is 3.68. The summed E-state index contributed by atoms with van der Waals surface area (Å²) in [5.74, 6) is -0.917. The molecule has 0 aromatic rings. The van der Waals surface area contributed by atoms with Crippen LogP contribution in [0.3, 0.4) is 0 Å². The van der Waals surface area contributed by atoms with Crippen molar-refractivity contribution in [2.24, 2.45) is 11.3 Å². The zero-order valence-corrected chi connectivity index (χ0v) is 10.9. The zero-order valence-electron chi connectivity index (χ0n) is 10.9. The zero-order chi connectivity index (χ0) is 13.2. The SMILES string of the molecule is CCC1(C(=O)N[C@H]2CC[C@@H](C(=O)O)C2)CCNC1. The van der Waals surface area contributed by atoms with Crippen LogP contribution in [-0.2, 0) is 9.59 Å². The maximum Gasteiger partial charge on any atom is 0.306 e. The third-order valence-electron chi connectivity index (χ3n) is 4.52. The summed E-state index contributed by atoms with van der Waals surface area (Å²) >= 11 is 0. The molecule has 18 heavy (non-hydrogen) atoms. The number of hydrogen-bond donors (Lipinski definition) is 3. The smallest absolute Gasteiger partial charge is 0.306 e. The molecule has 0 bridgehead atoms. The molecule has 1 saturated heterocycles. The van der Waals surface area contributed by atoms with Gasteiger partial charge in [-0.25, -0.2) is 0 Å². The van der Waals surface area contributed by atoms with Crippen molar-refractivity contribution in [3.63, 3.8) is 0 Å². The Morgan fingerprint density at radius 3 is 2.72 bits per heavy atom. The minimum absolute atomic E-state index is 0.0441. The van der Waals surface area contributed by atoms with Gasteiger partial charge in [-0.3, -0.25) is 9.59 Å². The molecule has 5 nitrogen and oxygen atoms in total. The Labute approximate surface area is 107 Å². The van der Waals surface area contributed by atoms with E-state index in [2.05, 4.69) is 10.6 Å². The van der Waals surface area contributed by atoms with Gasteiger partial charge in [0.15, 0.2) is 0 Å². The summed E-state index contributed by atoms with van der Waals surface area (Å²) in [6.07, 6.45) is 3.76. The molecule has 2 fully saturated rings. The summed E-state index contributed by atoms with van der Waals surface area (Å²) in [7, 11) is 0. The van der Waals surface area contributed by atoms with Crippen LogP contribution in [0.2, 0.25) is 0 Å². The van der Waals surface area contributed by atoms with E-state index in [-0.39, 0.29) is 23.3 Å². The van der Waals surface area contributed by atoms with Gasteiger partial charge in [-0.05, 0) is 38.6 Å². The van der Waals surface area contributed by atoms with Crippen molar-refractivity contribution in [3.05, 3.63) is 0 Å². The van der Waals surface area contributed by atoms with Gasteiger partial charge in [-0.1, -0.05) is 6.92 Å². The first-order valence-corrected chi connectivity index (χ1v) is 6.82. The molecule has 0 aromatic heterocycles. The normalized spacial score (nSPS) is 35.6. The van der Waals surface area contributed by atoms with E-state index in [1.54, 1.807) is 0 Å². The first-order valence-electron chi connectivity index (χ1n) is 6.82. The highest BCUT2D eigenvalue weighted by Crippen LogP contribution is 2.31. The molecule has 1 heterocycles. The van der Waals surface area contributed by atoms with Crippen molar-refractivity contribution in [1.82, 2.24) is 10.6 Å². The fraction of sp³-hybridized carbons (Fsp3) is 0.846.